The van der Waals surface area contributed by atoms with Gasteiger partial charge in [-0.25, -0.2) is 4.98 Å². The third kappa shape index (κ3) is 3.37. The minimum absolute atomic E-state index is 0.133. The highest BCUT2D eigenvalue weighted by molar-refractivity contribution is 9.10. The smallest absolute Gasteiger partial charge is 0.253 e. The maximum absolute atomic E-state index is 12.2. The summed E-state index contributed by atoms with van der Waals surface area (Å²) in [6.07, 6.45) is 2.81. The van der Waals surface area contributed by atoms with Gasteiger partial charge in [0.15, 0.2) is 0 Å². The van der Waals surface area contributed by atoms with Crippen molar-refractivity contribution in [2.24, 2.45) is 0 Å². The summed E-state index contributed by atoms with van der Waals surface area (Å²) in [4.78, 5) is 17.8. The number of aromatic nitrogens is 1. The summed E-state index contributed by atoms with van der Waals surface area (Å²) in [5.74, 6) is -0.190. The molecule has 6 heteroatoms. The molecule has 1 heterocycles. The number of hydrogen-bond acceptors (Lipinski definition) is 4. The Morgan fingerprint density at radius 1 is 1.55 bits per heavy atom. The van der Waals surface area contributed by atoms with E-state index in [0.29, 0.717) is 11.3 Å². The molecule has 1 unspecified atom stereocenters. The van der Waals surface area contributed by atoms with Gasteiger partial charge in [0.05, 0.1) is 11.6 Å². The van der Waals surface area contributed by atoms with Crippen molar-refractivity contribution in [3.8, 4) is 0 Å². The van der Waals surface area contributed by atoms with Crippen molar-refractivity contribution in [1.82, 2.24) is 10.3 Å². The number of hydrogen-bond donors (Lipinski definition) is 2. The van der Waals surface area contributed by atoms with Crippen molar-refractivity contribution in [1.29, 1.82) is 0 Å². The van der Waals surface area contributed by atoms with Gasteiger partial charge in [0.1, 0.15) is 5.01 Å². The van der Waals surface area contributed by atoms with E-state index < -0.39 is 0 Å². The lowest BCUT2D eigenvalue weighted by molar-refractivity contribution is 0.0940. The van der Waals surface area contributed by atoms with Crippen molar-refractivity contribution in [2.45, 2.75) is 26.3 Å². The first-order valence-electron chi connectivity index (χ1n) is 6.31. The Bertz CT molecular complexity index is 627. The molecule has 0 radical (unpaired) electrons. The van der Waals surface area contributed by atoms with Crippen LogP contribution in [0.5, 0.6) is 0 Å². The third-order valence-electron chi connectivity index (χ3n) is 2.90. The molecule has 2 rings (SSSR count). The quantitative estimate of drug-likeness (QED) is 0.826. The Balaban J connectivity index is 2.12. The van der Waals surface area contributed by atoms with Crippen LogP contribution in [-0.4, -0.2) is 10.9 Å². The van der Waals surface area contributed by atoms with Gasteiger partial charge in [-0.2, -0.15) is 0 Å². The summed E-state index contributed by atoms with van der Waals surface area (Å²) in [6.45, 7) is 4.01. The molecule has 4 nitrogen and oxygen atoms in total. The molecule has 3 N–H and O–H groups in total. The van der Waals surface area contributed by atoms with E-state index in [1.807, 2.05) is 19.2 Å². The maximum Gasteiger partial charge on any atom is 0.253 e. The zero-order valence-corrected chi connectivity index (χ0v) is 13.7. The zero-order chi connectivity index (χ0) is 14.7. The Hall–Kier alpha value is -1.40. The Kier molecular flexibility index (Phi) is 4.77. The Morgan fingerprint density at radius 3 is 2.95 bits per heavy atom. The molecule has 1 aromatic carbocycles. The molecule has 0 aliphatic carbocycles. The van der Waals surface area contributed by atoms with Crippen molar-refractivity contribution in [2.75, 3.05) is 5.73 Å². The first-order valence-corrected chi connectivity index (χ1v) is 7.92. The van der Waals surface area contributed by atoms with E-state index in [2.05, 4.69) is 33.2 Å². The lowest BCUT2D eigenvalue weighted by Gasteiger charge is -2.12. The second kappa shape index (κ2) is 6.37. The van der Waals surface area contributed by atoms with Gasteiger partial charge in [-0.3, -0.25) is 4.79 Å². The molecule has 106 valence electrons. The molecule has 1 amide bonds. The first-order chi connectivity index (χ1) is 9.51. The van der Waals surface area contributed by atoms with Gasteiger partial charge < -0.3 is 11.1 Å². The normalized spacial score (nSPS) is 12.2. The maximum atomic E-state index is 12.2. The second-order valence-electron chi connectivity index (χ2n) is 4.45. The number of nitrogens with zero attached hydrogens (tertiary/aromatic N) is 1. The summed E-state index contributed by atoms with van der Waals surface area (Å²) in [7, 11) is 0. The van der Waals surface area contributed by atoms with Crippen LogP contribution < -0.4 is 11.1 Å². The molecule has 1 atom stereocenters. The van der Waals surface area contributed by atoms with E-state index in [1.54, 1.807) is 23.5 Å². The number of rotatable bonds is 4. The number of carbonyl (C=O) groups excluding carboxylic acids is 1. The van der Waals surface area contributed by atoms with Gasteiger partial charge in [0.25, 0.3) is 5.91 Å². The van der Waals surface area contributed by atoms with Gasteiger partial charge >= 0.3 is 0 Å². The fourth-order valence-corrected chi connectivity index (χ4v) is 2.97. The van der Waals surface area contributed by atoms with Crippen LogP contribution in [0.3, 0.4) is 0 Å². The molecular weight excluding hydrogens is 338 g/mol. The van der Waals surface area contributed by atoms with E-state index in [1.165, 1.54) is 4.88 Å². The van der Waals surface area contributed by atoms with Crippen LogP contribution in [0.4, 0.5) is 5.69 Å². The molecule has 0 saturated heterocycles. The fraction of sp³-hybridized carbons (Fsp3) is 0.286. The first kappa shape index (κ1) is 15.0. The summed E-state index contributed by atoms with van der Waals surface area (Å²) >= 11 is 4.96. The van der Waals surface area contributed by atoms with E-state index in [0.717, 1.165) is 15.9 Å². The van der Waals surface area contributed by atoms with Gasteiger partial charge in [-0.15, -0.1) is 11.3 Å². The minimum Gasteiger partial charge on any atom is -0.398 e. The van der Waals surface area contributed by atoms with Crippen LogP contribution >= 0.6 is 27.3 Å². The molecule has 2 aromatic rings. The predicted molar refractivity (Wildman–Crippen MR) is 85.9 cm³/mol. The average molecular weight is 354 g/mol. The molecule has 1 aromatic heterocycles. The predicted octanol–water partition coefficient (Wildman–Crippen LogP) is 3.54. The summed E-state index contributed by atoms with van der Waals surface area (Å²) in [5, 5.41) is 3.83. The van der Waals surface area contributed by atoms with Crippen LogP contribution in [0.25, 0.3) is 0 Å². The number of halogens is 1. The standard InChI is InChI=1S/C14H16BrN3OS/c1-3-10-7-17-14(20-10)8(2)18-13(19)11-6-9(15)4-5-12(11)16/h4-8H,3,16H2,1-2H3,(H,18,19). The van der Waals surface area contributed by atoms with Crippen LogP contribution in [0, 0.1) is 0 Å². The topological polar surface area (TPSA) is 68.0 Å². The van der Waals surface area contributed by atoms with E-state index in [4.69, 9.17) is 5.73 Å². The summed E-state index contributed by atoms with van der Waals surface area (Å²) in [5.41, 5.74) is 6.77. The van der Waals surface area contributed by atoms with Crippen molar-refractivity contribution in [3.63, 3.8) is 0 Å². The monoisotopic (exact) mass is 353 g/mol. The van der Waals surface area contributed by atoms with Crippen LogP contribution in [0.2, 0.25) is 0 Å². The number of amides is 1. The van der Waals surface area contributed by atoms with Crippen molar-refractivity contribution >= 4 is 38.9 Å². The molecule has 0 aliphatic heterocycles. The Labute approximate surface area is 130 Å². The summed E-state index contributed by atoms with van der Waals surface area (Å²) in [6, 6.07) is 5.11. The highest BCUT2D eigenvalue weighted by Crippen LogP contribution is 2.22. The minimum atomic E-state index is -0.190. The zero-order valence-electron chi connectivity index (χ0n) is 11.3. The van der Waals surface area contributed by atoms with Crippen LogP contribution in [0.1, 0.15) is 40.1 Å². The SMILES string of the molecule is CCc1cnc(C(C)NC(=O)c2cc(Br)ccc2N)s1. The molecular formula is C14H16BrN3OS. The lowest BCUT2D eigenvalue weighted by Crippen LogP contribution is -2.27. The fourth-order valence-electron chi connectivity index (χ4n) is 1.75. The molecule has 0 bridgehead atoms. The van der Waals surface area contributed by atoms with Crippen LogP contribution in [0.15, 0.2) is 28.9 Å². The van der Waals surface area contributed by atoms with E-state index in [-0.39, 0.29) is 11.9 Å². The van der Waals surface area contributed by atoms with Crippen LogP contribution in [-0.2, 0) is 6.42 Å². The number of nitrogens with one attached hydrogen (secondary N) is 1. The van der Waals surface area contributed by atoms with E-state index >= 15 is 0 Å². The van der Waals surface area contributed by atoms with E-state index in [9.17, 15) is 4.79 Å². The second-order valence-corrected chi connectivity index (χ2v) is 6.51. The number of nitrogen functional groups attached to an aromatic ring is 1. The number of thiazole rings is 1. The highest BCUT2D eigenvalue weighted by atomic mass is 79.9. The molecule has 0 aliphatic rings. The molecule has 0 spiro atoms. The number of anilines is 1. The van der Waals surface area contributed by atoms with Crippen molar-refractivity contribution in [3.05, 3.63) is 44.3 Å². The average Bonchev–Trinajstić information content (AvgIpc) is 2.90. The van der Waals surface area contributed by atoms with Crippen molar-refractivity contribution < 1.29 is 4.79 Å². The van der Waals surface area contributed by atoms with Gasteiger partial charge in [0.2, 0.25) is 0 Å². The van der Waals surface area contributed by atoms with Gasteiger partial charge in [0, 0.05) is 21.2 Å². The highest BCUT2D eigenvalue weighted by Gasteiger charge is 2.16. The lowest BCUT2D eigenvalue weighted by atomic mass is 10.1. The molecule has 20 heavy (non-hydrogen) atoms. The number of benzene rings is 1. The largest absolute Gasteiger partial charge is 0.398 e. The van der Waals surface area contributed by atoms with Gasteiger partial charge in [-0.05, 0) is 31.5 Å². The third-order valence-corrected chi connectivity index (χ3v) is 4.72. The number of carbonyl (C=O) groups is 1. The summed E-state index contributed by atoms with van der Waals surface area (Å²) < 4.78 is 0.826. The van der Waals surface area contributed by atoms with Gasteiger partial charge in [-0.1, -0.05) is 22.9 Å². The molecule has 0 saturated carbocycles. The number of nitrogens with two attached hydrogens (primary N) is 1. The Morgan fingerprint density at radius 2 is 2.30 bits per heavy atom. The number of aryl methyl sites for hydroxylation is 1. The molecule has 0 fully saturated rings.